The molecule has 0 aliphatic carbocycles. The number of alkyl halides is 3. The Morgan fingerprint density at radius 1 is 1.16 bits per heavy atom. The number of methoxy groups -OCH3 is 1. The molecular weight excluding hydrogens is 542 g/mol. The van der Waals surface area contributed by atoms with Crippen molar-refractivity contribution in [1.29, 1.82) is 0 Å². The van der Waals surface area contributed by atoms with Crippen LogP contribution in [-0.4, -0.2) is 45.5 Å². The highest BCUT2D eigenvalue weighted by atomic mass is 127. The Hall–Kier alpha value is -2.15. The molecule has 0 unspecified atom stereocenters. The fourth-order valence-electron chi connectivity index (χ4n) is 2.55. The van der Waals surface area contributed by atoms with Crippen molar-refractivity contribution in [3.63, 3.8) is 0 Å². The monoisotopic (exact) mass is 571 g/mol. The molecule has 7 nitrogen and oxygen atoms in total. The average Bonchev–Trinajstić information content (AvgIpc) is 3.26. The molecule has 0 saturated heterocycles. The zero-order chi connectivity index (χ0) is 22.5. The first-order valence-electron chi connectivity index (χ1n) is 9.90. The zero-order valence-electron chi connectivity index (χ0n) is 18.0. The van der Waals surface area contributed by atoms with E-state index < -0.39 is 12.8 Å². The third kappa shape index (κ3) is 10.9. The number of hydrogen-bond acceptors (Lipinski definition) is 5. The topological polar surface area (TPSA) is 77.3 Å². The Bertz CT molecular complexity index is 802. The number of furan rings is 1. The van der Waals surface area contributed by atoms with Gasteiger partial charge in [0, 0.05) is 19.7 Å². The van der Waals surface area contributed by atoms with E-state index in [2.05, 4.69) is 15.6 Å². The summed E-state index contributed by atoms with van der Waals surface area (Å²) < 4.78 is 57.8. The van der Waals surface area contributed by atoms with E-state index in [1.807, 2.05) is 19.1 Å². The van der Waals surface area contributed by atoms with Gasteiger partial charge in [-0.15, -0.1) is 24.0 Å². The number of hydrogen-bond donors (Lipinski definition) is 2. The molecule has 0 amide bonds. The number of halogens is 4. The van der Waals surface area contributed by atoms with Crippen LogP contribution in [-0.2, 0) is 17.9 Å². The zero-order valence-corrected chi connectivity index (χ0v) is 20.4. The summed E-state index contributed by atoms with van der Waals surface area (Å²) in [5.41, 5.74) is 0.773. The highest BCUT2D eigenvalue weighted by Crippen LogP contribution is 2.30. The minimum atomic E-state index is -4.41. The van der Waals surface area contributed by atoms with Gasteiger partial charge in [0.15, 0.2) is 24.1 Å². The van der Waals surface area contributed by atoms with E-state index in [1.165, 1.54) is 13.2 Å². The second kappa shape index (κ2) is 14.8. The van der Waals surface area contributed by atoms with Gasteiger partial charge in [-0.05, 0) is 43.2 Å². The Balaban J connectivity index is 0.00000512. The van der Waals surface area contributed by atoms with E-state index in [0.29, 0.717) is 38.8 Å². The van der Waals surface area contributed by atoms with E-state index in [4.69, 9.17) is 18.6 Å². The summed E-state index contributed by atoms with van der Waals surface area (Å²) in [5, 5.41) is 6.36. The third-order valence-corrected chi connectivity index (χ3v) is 3.97. The lowest BCUT2D eigenvalue weighted by Gasteiger charge is -2.14. The van der Waals surface area contributed by atoms with Crippen molar-refractivity contribution in [2.24, 2.45) is 4.99 Å². The van der Waals surface area contributed by atoms with Gasteiger partial charge in [-0.25, -0.2) is 4.99 Å². The molecule has 1 aromatic heterocycles. The molecule has 1 aromatic carbocycles. The summed E-state index contributed by atoms with van der Waals surface area (Å²) in [7, 11) is 1.38. The van der Waals surface area contributed by atoms with Crippen LogP contribution in [0.3, 0.4) is 0 Å². The minimum Gasteiger partial charge on any atom is -0.493 e. The number of guanidine groups is 1. The van der Waals surface area contributed by atoms with Crippen molar-refractivity contribution in [3.05, 3.63) is 47.9 Å². The van der Waals surface area contributed by atoms with Gasteiger partial charge in [0.1, 0.15) is 12.4 Å². The van der Waals surface area contributed by atoms with Crippen LogP contribution in [0, 0.1) is 0 Å². The summed E-state index contributed by atoms with van der Waals surface area (Å²) in [6, 6.07) is 8.40. The van der Waals surface area contributed by atoms with Gasteiger partial charge in [-0.2, -0.15) is 13.2 Å². The number of nitrogens with one attached hydrogen (secondary N) is 2. The Morgan fingerprint density at radius 3 is 2.62 bits per heavy atom. The molecule has 0 fully saturated rings. The van der Waals surface area contributed by atoms with E-state index >= 15 is 0 Å². The minimum absolute atomic E-state index is 0. The van der Waals surface area contributed by atoms with Gasteiger partial charge in [0.25, 0.3) is 0 Å². The van der Waals surface area contributed by atoms with E-state index in [9.17, 15) is 13.2 Å². The van der Waals surface area contributed by atoms with Gasteiger partial charge >= 0.3 is 6.18 Å². The summed E-state index contributed by atoms with van der Waals surface area (Å²) in [4.78, 5) is 4.49. The number of aliphatic imine (C=N–C) groups is 1. The van der Waals surface area contributed by atoms with Crippen molar-refractivity contribution in [2.45, 2.75) is 32.7 Å². The summed E-state index contributed by atoms with van der Waals surface area (Å²) in [5.74, 6) is 1.67. The normalized spacial score (nSPS) is 11.6. The molecule has 32 heavy (non-hydrogen) atoms. The maximum Gasteiger partial charge on any atom is 0.422 e. The second-order valence-electron chi connectivity index (χ2n) is 6.50. The number of nitrogens with zero attached hydrogens (tertiary/aromatic N) is 1. The van der Waals surface area contributed by atoms with Gasteiger partial charge in [0.2, 0.25) is 0 Å². The van der Waals surface area contributed by atoms with Crippen molar-refractivity contribution in [1.82, 2.24) is 10.6 Å². The highest BCUT2D eigenvalue weighted by molar-refractivity contribution is 14.0. The average molecular weight is 571 g/mol. The molecular formula is C21H29F3IN3O4. The lowest BCUT2D eigenvalue weighted by molar-refractivity contribution is -0.153. The largest absolute Gasteiger partial charge is 0.493 e. The van der Waals surface area contributed by atoms with Crippen molar-refractivity contribution < 1.29 is 31.8 Å². The molecule has 180 valence electrons. The van der Waals surface area contributed by atoms with E-state index in [0.717, 1.165) is 17.7 Å². The molecule has 0 bridgehead atoms. The van der Waals surface area contributed by atoms with Crippen molar-refractivity contribution in [3.8, 4) is 11.5 Å². The predicted octanol–water partition coefficient (Wildman–Crippen LogP) is 4.51. The molecule has 2 rings (SSSR count). The maximum atomic E-state index is 12.4. The number of rotatable bonds is 12. The fraction of sp³-hybridized carbons (Fsp3) is 0.476. The first-order valence-corrected chi connectivity index (χ1v) is 9.90. The van der Waals surface area contributed by atoms with Gasteiger partial charge in [-0.3, -0.25) is 0 Å². The lowest BCUT2D eigenvalue weighted by atomic mass is 10.2. The van der Waals surface area contributed by atoms with Crippen molar-refractivity contribution >= 4 is 29.9 Å². The van der Waals surface area contributed by atoms with Crippen LogP contribution < -0.4 is 20.1 Å². The summed E-state index contributed by atoms with van der Waals surface area (Å²) in [6.07, 6.45) is -2.02. The second-order valence-corrected chi connectivity index (χ2v) is 6.50. The maximum absolute atomic E-state index is 12.4. The van der Waals surface area contributed by atoms with Gasteiger partial charge in [-0.1, -0.05) is 6.07 Å². The Kier molecular flexibility index (Phi) is 12.9. The van der Waals surface area contributed by atoms with E-state index in [-0.39, 0.29) is 35.5 Å². The Morgan fingerprint density at radius 2 is 1.97 bits per heavy atom. The van der Waals surface area contributed by atoms with Crippen LogP contribution in [0.4, 0.5) is 13.2 Å². The standard InChI is InChI=1S/C21H28F3N3O4.HI/c1-3-25-20(26-9-5-10-29-14-17-6-4-11-30-17)27-13-16-7-8-18(19(12-16)28-2)31-15-21(22,23)24;/h4,6-8,11-12H,3,5,9-10,13-15H2,1-2H3,(H2,25,26,27);1H. The highest BCUT2D eigenvalue weighted by Gasteiger charge is 2.29. The van der Waals surface area contributed by atoms with E-state index in [1.54, 1.807) is 18.4 Å². The molecule has 0 aliphatic heterocycles. The van der Waals surface area contributed by atoms with Crippen LogP contribution in [0.25, 0.3) is 0 Å². The number of ether oxygens (including phenoxy) is 3. The Labute approximate surface area is 202 Å². The van der Waals surface area contributed by atoms with Gasteiger partial charge in [0.05, 0.1) is 19.9 Å². The summed E-state index contributed by atoms with van der Waals surface area (Å²) in [6.45, 7) is 3.27. The van der Waals surface area contributed by atoms with Crippen LogP contribution in [0.15, 0.2) is 46.0 Å². The molecule has 11 heteroatoms. The number of benzene rings is 1. The summed E-state index contributed by atoms with van der Waals surface area (Å²) >= 11 is 0. The molecule has 0 spiro atoms. The molecule has 0 saturated carbocycles. The fourth-order valence-corrected chi connectivity index (χ4v) is 2.55. The molecule has 1 heterocycles. The van der Waals surface area contributed by atoms with Crippen LogP contribution in [0.2, 0.25) is 0 Å². The van der Waals surface area contributed by atoms with Crippen LogP contribution >= 0.6 is 24.0 Å². The first kappa shape index (κ1) is 27.9. The molecule has 0 radical (unpaired) electrons. The lowest BCUT2D eigenvalue weighted by Crippen LogP contribution is -2.38. The first-order chi connectivity index (χ1) is 14.9. The molecule has 2 aromatic rings. The quantitative estimate of drug-likeness (QED) is 0.169. The third-order valence-electron chi connectivity index (χ3n) is 3.97. The SMILES string of the molecule is CCNC(=NCc1ccc(OCC(F)(F)F)c(OC)c1)NCCCOCc1ccco1.I. The molecule has 0 aliphatic rings. The van der Waals surface area contributed by atoms with Crippen LogP contribution in [0.1, 0.15) is 24.7 Å². The smallest absolute Gasteiger partial charge is 0.422 e. The van der Waals surface area contributed by atoms with Crippen molar-refractivity contribution in [2.75, 3.05) is 33.4 Å². The molecule has 2 N–H and O–H groups in total. The van der Waals surface area contributed by atoms with Crippen LogP contribution in [0.5, 0.6) is 11.5 Å². The molecule has 0 atom stereocenters. The predicted molar refractivity (Wildman–Crippen MR) is 126 cm³/mol. The van der Waals surface area contributed by atoms with Gasteiger partial charge < -0.3 is 29.3 Å².